The minimum Gasteiger partial charge on any atom is -0.481 e. The summed E-state index contributed by atoms with van der Waals surface area (Å²) in [7, 11) is 0. The van der Waals surface area contributed by atoms with Crippen LogP contribution >= 0.6 is 0 Å². The second-order valence-corrected chi connectivity index (χ2v) is 3.38. The van der Waals surface area contributed by atoms with Crippen LogP contribution in [0.4, 0.5) is 0 Å². The van der Waals surface area contributed by atoms with Gasteiger partial charge >= 0.3 is 5.97 Å². The molecule has 0 amide bonds. The molecule has 1 rings (SSSR count). The Morgan fingerprint density at radius 3 is 2.43 bits per heavy atom. The summed E-state index contributed by atoms with van der Waals surface area (Å²) in [5.41, 5.74) is 7.33. The van der Waals surface area contributed by atoms with Crippen LogP contribution < -0.4 is 5.73 Å². The van der Waals surface area contributed by atoms with Crippen LogP contribution in [-0.4, -0.2) is 17.6 Å². The Morgan fingerprint density at radius 1 is 1.43 bits per heavy atom. The Labute approximate surface area is 83.6 Å². The molecule has 0 unspecified atom stereocenters. The minimum atomic E-state index is -0.806. The molecule has 0 aliphatic heterocycles. The molecule has 0 saturated carbocycles. The maximum Gasteiger partial charge on any atom is 0.311 e. The lowest BCUT2D eigenvalue weighted by molar-refractivity contribution is -0.138. The van der Waals surface area contributed by atoms with Crippen LogP contribution in [0.1, 0.15) is 23.5 Å². The number of aryl methyl sites for hydroxylation is 1. The maximum atomic E-state index is 10.9. The van der Waals surface area contributed by atoms with Crippen LogP contribution in [0.2, 0.25) is 0 Å². The third-order valence-corrected chi connectivity index (χ3v) is 2.23. The highest BCUT2D eigenvalue weighted by Crippen LogP contribution is 2.19. The van der Waals surface area contributed by atoms with Crippen molar-refractivity contribution in [2.75, 3.05) is 6.54 Å². The summed E-state index contributed by atoms with van der Waals surface area (Å²) in [6.45, 7) is 2.37. The van der Waals surface area contributed by atoms with E-state index in [4.69, 9.17) is 10.8 Å². The maximum absolute atomic E-state index is 10.9. The van der Waals surface area contributed by atoms with E-state index < -0.39 is 11.9 Å². The third-order valence-electron chi connectivity index (χ3n) is 2.23. The van der Waals surface area contributed by atoms with Gasteiger partial charge in [-0.3, -0.25) is 4.79 Å². The average molecular weight is 193 g/mol. The molecular weight excluding hydrogens is 178 g/mol. The first kappa shape index (κ1) is 10.7. The van der Waals surface area contributed by atoms with Gasteiger partial charge in [-0.2, -0.15) is 0 Å². The largest absolute Gasteiger partial charge is 0.481 e. The highest BCUT2D eigenvalue weighted by Gasteiger charge is 2.18. The molecule has 0 bridgehead atoms. The number of benzene rings is 1. The Bertz CT molecular complexity index is 306. The van der Waals surface area contributed by atoms with Gasteiger partial charge in [-0.25, -0.2) is 0 Å². The normalized spacial score (nSPS) is 12.4. The van der Waals surface area contributed by atoms with Crippen LogP contribution in [0.5, 0.6) is 0 Å². The number of aliphatic carboxylic acids is 1. The number of carboxylic acid groups (broad SMARTS) is 1. The summed E-state index contributed by atoms with van der Waals surface area (Å²) >= 11 is 0. The first-order chi connectivity index (χ1) is 6.65. The highest BCUT2D eigenvalue weighted by atomic mass is 16.4. The van der Waals surface area contributed by atoms with Crippen LogP contribution in [0, 0.1) is 6.92 Å². The molecule has 0 heterocycles. The molecule has 0 saturated heterocycles. The second kappa shape index (κ2) is 4.77. The molecule has 0 radical (unpaired) electrons. The van der Waals surface area contributed by atoms with Gasteiger partial charge in [0.25, 0.3) is 0 Å². The standard InChI is InChI=1S/C11H15NO2/c1-8-2-4-9(5-3-8)10(6-7-12)11(13)14/h2-5,10H,6-7,12H2,1H3,(H,13,14)/t10-/m1/s1. The van der Waals surface area contributed by atoms with Crippen molar-refractivity contribution in [1.82, 2.24) is 0 Å². The summed E-state index contributed by atoms with van der Waals surface area (Å²) in [5.74, 6) is -1.28. The summed E-state index contributed by atoms with van der Waals surface area (Å²) < 4.78 is 0. The van der Waals surface area contributed by atoms with Crippen molar-refractivity contribution in [3.05, 3.63) is 35.4 Å². The molecule has 0 fully saturated rings. The minimum absolute atomic E-state index is 0.394. The lowest BCUT2D eigenvalue weighted by Crippen LogP contribution is -2.16. The molecule has 3 N–H and O–H groups in total. The molecule has 0 spiro atoms. The first-order valence-electron chi connectivity index (χ1n) is 4.64. The SMILES string of the molecule is Cc1ccc([C@@H](CCN)C(=O)O)cc1. The van der Waals surface area contributed by atoms with Crippen LogP contribution in [0.3, 0.4) is 0 Å². The quantitative estimate of drug-likeness (QED) is 0.761. The van der Waals surface area contributed by atoms with Crippen molar-refractivity contribution in [3.63, 3.8) is 0 Å². The predicted octanol–water partition coefficient (Wildman–Crippen LogP) is 1.51. The summed E-state index contributed by atoms with van der Waals surface area (Å²) in [5, 5.41) is 8.97. The molecule has 3 nitrogen and oxygen atoms in total. The molecule has 0 aliphatic rings. The van der Waals surface area contributed by atoms with Gasteiger partial charge in [-0.05, 0) is 25.5 Å². The molecule has 0 aliphatic carbocycles. The van der Waals surface area contributed by atoms with Gasteiger partial charge in [0.1, 0.15) is 0 Å². The van der Waals surface area contributed by atoms with Gasteiger partial charge in [0.05, 0.1) is 5.92 Å². The Morgan fingerprint density at radius 2 is 2.00 bits per heavy atom. The van der Waals surface area contributed by atoms with E-state index in [2.05, 4.69) is 0 Å². The fourth-order valence-electron chi connectivity index (χ4n) is 1.40. The van der Waals surface area contributed by atoms with Crippen LogP contribution in [-0.2, 0) is 4.79 Å². The average Bonchev–Trinajstić information content (AvgIpc) is 2.15. The molecule has 14 heavy (non-hydrogen) atoms. The Hall–Kier alpha value is -1.35. The zero-order valence-corrected chi connectivity index (χ0v) is 8.23. The van der Waals surface area contributed by atoms with E-state index in [9.17, 15) is 4.79 Å². The number of carbonyl (C=O) groups is 1. The highest BCUT2D eigenvalue weighted by molar-refractivity contribution is 5.76. The number of hydrogen-bond acceptors (Lipinski definition) is 2. The van der Waals surface area contributed by atoms with Crippen LogP contribution in [0.15, 0.2) is 24.3 Å². The monoisotopic (exact) mass is 193 g/mol. The summed E-state index contributed by atoms with van der Waals surface area (Å²) in [4.78, 5) is 10.9. The van der Waals surface area contributed by atoms with Gasteiger partial charge in [0.2, 0.25) is 0 Å². The molecule has 1 aromatic rings. The molecule has 76 valence electrons. The van der Waals surface area contributed by atoms with E-state index in [1.54, 1.807) is 0 Å². The number of hydrogen-bond donors (Lipinski definition) is 2. The van der Waals surface area contributed by atoms with Crippen molar-refractivity contribution in [2.24, 2.45) is 5.73 Å². The van der Waals surface area contributed by atoms with E-state index in [0.717, 1.165) is 11.1 Å². The molecule has 1 atom stereocenters. The topological polar surface area (TPSA) is 63.3 Å². The Kier molecular flexibility index (Phi) is 3.65. The van der Waals surface area contributed by atoms with E-state index in [0.29, 0.717) is 13.0 Å². The fraction of sp³-hybridized carbons (Fsp3) is 0.364. The van der Waals surface area contributed by atoms with Gasteiger partial charge in [-0.1, -0.05) is 29.8 Å². The van der Waals surface area contributed by atoms with E-state index in [1.807, 2.05) is 31.2 Å². The van der Waals surface area contributed by atoms with Crippen molar-refractivity contribution in [2.45, 2.75) is 19.3 Å². The van der Waals surface area contributed by atoms with Gasteiger partial charge in [-0.15, -0.1) is 0 Å². The van der Waals surface area contributed by atoms with Gasteiger partial charge < -0.3 is 10.8 Å². The van der Waals surface area contributed by atoms with Crippen molar-refractivity contribution in [3.8, 4) is 0 Å². The van der Waals surface area contributed by atoms with Crippen molar-refractivity contribution >= 4 is 5.97 Å². The predicted molar refractivity (Wildman–Crippen MR) is 55.2 cm³/mol. The summed E-state index contributed by atoms with van der Waals surface area (Å²) in [6.07, 6.45) is 0.485. The molecule has 0 aromatic heterocycles. The van der Waals surface area contributed by atoms with E-state index in [-0.39, 0.29) is 0 Å². The lowest BCUT2D eigenvalue weighted by Gasteiger charge is -2.11. The van der Waals surface area contributed by atoms with E-state index >= 15 is 0 Å². The van der Waals surface area contributed by atoms with Crippen LogP contribution in [0.25, 0.3) is 0 Å². The Balaban J connectivity index is 2.87. The van der Waals surface area contributed by atoms with Crippen molar-refractivity contribution < 1.29 is 9.90 Å². The number of nitrogens with two attached hydrogens (primary N) is 1. The van der Waals surface area contributed by atoms with E-state index in [1.165, 1.54) is 0 Å². The fourth-order valence-corrected chi connectivity index (χ4v) is 1.40. The van der Waals surface area contributed by atoms with Gasteiger partial charge in [0.15, 0.2) is 0 Å². The molecule has 3 heteroatoms. The van der Waals surface area contributed by atoms with Gasteiger partial charge in [0, 0.05) is 0 Å². The lowest BCUT2D eigenvalue weighted by atomic mass is 9.95. The smallest absolute Gasteiger partial charge is 0.311 e. The molecule has 1 aromatic carbocycles. The second-order valence-electron chi connectivity index (χ2n) is 3.38. The zero-order chi connectivity index (χ0) is 10.6. The van der Waals surface area contributed by atoms with Crippen molar-refractivity contribution in [1.29, 1.82) is 0 Å². The molecular formula is C11H15NO2. The summed E-state index contributed by atoms with van der Waals surface area (Å²) in [6, 6.07) is 7.54. The number of carboxylic acids is 1. The number of rotatable bonds is 4. The third kappa shape index (κ3) is 2.57. The zero-order valence-electron chi connectivity index (χ0n) is 8.23. The first-order valence-corrected chi connectivity index (χ1v) is 4.64.